The molecule has 0 radical (unpaired) electrons. The molecule has 5 rings (SSSR count). The maximum atomic E-state index is 13.4. The first-order chi connectivity index (χ1) is 18.5. The highest BCUT2D eigenvalue weighted by Gasteiger charge is 2.36. The van der Waals surface area contributed by atoms with Crippen LogP contribution in [0, 0.1) is 0 Å². The third kappa shape index (κ3) is 5.86. The minimum atomic E-state index is -0.650. The van der Waals surface area contributed by atoms with E-state index >= 15 is 0 Å². The molecule has 2 aliphatic rings. The van der Waals surface area contributed by atoms with Crippen LogP contribution in [0.15, 0.2) is 71.7 Å². The number of carbonyl (C=O) groups is 2. The third-order valence-electron chi connectivity index (χ3n) is 5.92. The summed E-state index contributed by atoms with van der Waals surface area (Å²) >= 11 is 1.26. The second-order valence-corrected chi connectivity index (χ2v) is 9.69. The van der Waals surface area contributed by atoms with E-state index in [-0.39, 0.29) is 31.6 Å². The lowest BCUT2D eigenvalue weighted by Gasteiger charge is -2.32. The fourth-order valence-corrected chi connectivity index (χ4v) is 5.14. The van der Waals surface area contributed by atoms with Gasteiger partial charge in [-0.1, -0.05) is 23.9 Å². The molecule has 1 saturated heterocycles. The number of hydrogen-bond acceptors (Lipinski definition) is 8. The Bertz CT molecular complexity index is 1360. The van der Waals surface area contributed by atoms with Crippen molar-refractivity contribution in [2.45, 2.75) is 25.1 Å². The van der Waals surface area contributed by atoms with Crippen LogP contribution in [-0.2, 0) is 16.1 Å². The van der Waals surface area contributed by atoms with Crippen molar-refractivity contribution in [1.82, 2.24) is 4.90 Å². The molecule has 1 fully saturated rings. The van der Waals surface area contributed by atoms with Crippen molar-refractivity contribution in [3.8, 4) is 23.0 Å². The molecule has 2 aliphatic heterocycles. The third-order valence-corrected chi connectivity index (χ3v) is 7.11. The highest BCUT2D eigenvalue weighted by atomic mass is 32.2. The van der Waals surface area contributed by atoms with Crippen molar-refractivity contribution in [3.05, 3.63) is 72.3 Å². The van der Waals surface area contributed by atoms with Crippen LogP contribution in [0.5, 0.6) is 23.0 Å². The van der Waals surface area contributed by atoms with Gasteiger partial charge in [0.15, 0.2) is 16.7 Å². The minimum Gasteiger partial charge on any atom is -0.497 e. The van der Waals surface area contributed by atoms with Gasteiger partial charge < -0.3 is 24.3 Å². The Kier molecular flexibility index (Phi) is 7.69. The van der Waals surface area contributed by atoms with Gasteiger partial charge in [0.05, 0.1) is 25.9 Å². The second kappa shape index (κ2) is 11.5. The number of benzene rings is 3. The van der Waals surface area contributed by atoms with Gasteiger partial charge in [0.25, 0.3) is 0 Å². The lowest BCUT2D eigenvalue weighted by molar-refractivity contribution is -0.129. The van der Waals surface area contributed by atoms with E-state index in [4.69, 9.17) is 23.9 Å². The van der Waals surface area contributed by atoms with E-state index in [0.29, 0.717) is 46.1 Å². The number of anilines is 1. The molecule has 2 amide bonds. The van der Waals surface area contributed by atoms with Crippen molar-refractivity contribution < 1.29 is 28.5 Å². The van der Waals surface area contributed by atoms with Crippen LogP contribution in [0.1, 0.15) is 18.9 Å². The number of thioether (sulfide) groups is 1. The van der Waals surface area contributed by atoms with Gasteiger partial charge in [0.1, 0.15) is 16.7 Å². The van der Waals surface area contributed by atoms with E-state index in [1.165, 1.54) is 11.8 Å². The molecule has 0 saturated carbocycles. The Morgan fingerprint density at radius 1 is 1.08 bits per heavy atom. The van der Waals surface area contributed by atoms with Gasteiger partial charge in [-0.2, -0.15) is 0 Å². The van der Waals surface area contributed by atoms with Gasteiger partial charge >= 0.3 is 0 Å². The zero-order valence-corrected chi connectivity index (χ0v) is 21.8. The molecule has 2 heterocycles. The first kappa shape index (κ1) is 25.5. The summed E-state index contributed by atoms with van der Waals surface area (Å²) in [6.07, 6.45) is 0.0356. The molecule has 0 spiro atoms. The van der Waals surface area contributed by atoms with Crippen LogP contribution < -0.4 is 24.3 Å². The molecular weight excluding hydrogens is 506 g/mol. The van der Waals surface area contributed by atoms with E-state index in [2.05, 4.69) is 5.32 Å². The van der Waals surface area contributed by atoms with Crippen LogP contribution in [0.3, 0.4) is 0 Å². The van der Waals surface area contributed by atoms with E-state index in [0.717, 1.165) is 5.56 Å². The second-order valence-electron chi connectivity index (χ2n) is 8.52. The summed E-state index contributed by atoms with van der Waals surface area (Å²) in [6, 6.07) is 20.0. The maximum absolute atomic E-state index is 13.4. The number of methoxy groups -OCH3 is 1. The SMILES string of the molecule is CCOc1cccc(NC(=O)[C@@H]2CC(=O)N(Cc3ccc4c(c3)OCO4)C(=Nc3ccc(OC)cc3)S2)c1. The fraction of sp³-hybridized carbons (Fsp3) is 0.250. The number of hydrogen-bond donors (Lipinski definition) is 1. The van der Waals surface area contributed by atoms with E-state index in [1.807, 2.05) is 37.3 Å². The molecule has 3 aromatic rings. The van der Waals surface area contributed by atoms with Crippen molar-refractivity contribution in [2.24, 2.45) is 4.99 Å². The number of rotatable bonds is 8. The lowest BCUT2D eigenvalue weighted by atomic mass is 10.1. The Balaban J connectivity index is 1.39. The largest absolute Gasteiger partial charge is 0.497 e. The van der Waals surface area contributed by atoms with Gasteiger partial charge in [0.2, 0.25) is 18.6 Å². The van der Waals surface area contributed by atoms with Crippen LogP contribution in [0.25, 0.3) is 0 Å². The van der Waals surface area contributed by atoms with Gasteiger partial charge in [-0.25, -0.2) is 4.99 Å². The predicted molar refractivity (Wildman–Crippen MR) is 145 cm³/mol. The van der Waals surface area contributed by atoms with Crippen LogP contribution in [-0.4, -0.2) is 47.6 Å². The average molecular weight is 534 g/mol. The number of fused-ring (bicyclic) bond motifs is 1. The van der Waals surface area contributed by atoms with Crippen molar-refractivity contribution in [3.63, 3.8) is 0 Å². The molecule has 196 valence electrons. The number of aliphatic imine (C=N–C) groups is 1. The molecule has 0 unspecified atom stereocenters. The minimum absolute atomic E-state index is 0.0356. The molecule has 38 heavy (non-hydrogen) atoms. The average Bonchev–Trinajstić information content (AvgIpc) is 3.39. The summed E-state index contributed by atoms with van der Waals surface area (Å²) < 4.78 is 21.7. The number of amidine groups is 1. The monoisotopic (exact) mass is 533 g/mol. The molecule has 1 atom stereocenters. The summed E-state index contributed by atoms with van der Waals surface area (Å²) in [5.74, 6) is 2.20. The van der Waals surface area contributed by atoms with Crippen LogP contribution >= 0.6 is 11.8 Å². The van der Waals surface area contributed by atoms with Crippen molar-refractivity contribution >= 4 is 40.1 Å². The van der Waals surface area contributed by atoms with E-state index in [1.54, 1.807) is 48.4 Å². The van der Waals surface area contributed by atoms with Crippen LogP contribution in [0.4, 0.5) is 11.4 Å². The quantitative estimate of drug-likeness (QED) is 0.436. The molecule has 9 nitrogen and oxygen atoms in total. The maximum Gasteiger partial charge on any atom is 0.238 e. The molecule has 0 aliphatic carbocycles. The number of nitrogens with zero attached hydrogens (tertiary/aromatic N) is 2. The number of nitrogens with one attached hydrogen (secondary N) is 1. The molecule has 0 aromatic heterocycles. The van der Waals surface area contributed by atoms with E-state index in [9.17, 15) is 9.59 Å². The van der Waals surface area contributed by atoms with Crippen LogP contribution in [0.2, 0.25) is 0 Å². The smallest absolute Gasteiger partial charge is 0.238 e. The zero-order chi connectivity index (χ0) is 26.5. The summed E-state index contributed by atoms with van der Waals surface area (Å²) in [5, 5.41) is 2.70. The van der Waals surface area contributed by atoms with Crippen molar-refractivity contribution in [1.29, 1.82) is 0 Å². The number of carbonyl (C=O) groups excluding carboxylic acids is 2. The molecule has 3 aromatic carbocycles. The Morgan fingerprint density at radius 3 is 2.68 bits per heavy atom. The standard InChI is InChI=1S/C28H27N3O6S/c1-3-35-22-6-4-5-20(14-22)29-27(33)25-15-26(32)31(16-18-7-12-23-24(13-18)37-17-36-23)28(38-25)30-19-8-10-21(34-2)11-9-19/h4-14,25H,3,15-17H2,1-2H3,(H,29,33)/t25-/m0/s1. The van der Waals surface area contributed by atoms with Crippen molar-refractivity contribution in [2.75, 3.05) is 25.8 Å². The molecule has 1 N–H and O–H groups in total. The van der Waals surface area contributed by atoms with Gasteiger partial charge in [-0.05, 0) is 61.0 Å². The topological polar surface area (TPSA) is 98.7 Å². The zero-order valence-electron chi connectivity index (χ0n) is 21.0. The Labute approximate surface area is 224 Å². The van der Waals surface area contributed by atoms with Gasteiger partial charge in [-0.15, -0.1) is 0 Å². The number of amides is 2. The molecule has 0 bridgehead atoms. The fourth-order valence-electron chi connectivity index (χ4n) is 4.04. The summed E-state index contributed by atoms with van der Waals surface area (Å²) in [4.78, 5) is 33.0. The first-order valence-corrected chi connectivity index (χ1v) is 13.0. The highest BCUT2D eigenvalue weighted by molar-refractivity contribution is 8.15. The first-order valence-electron chi connectivity index (χ1n) is 12.1. The Morgan fingerprint density at radius 2 is 1.89 bits per heavy atom. The van der Waals surface area contributed by atoms with Gasteiger partial charge in [-0.3, -0.25) is 14.5 Å². The van der Waals surface area contributed by atoms with E-state index < -0.39 is 5.25 Å². The Hall–Kier alpha value is -4.18. The number of ether oxygens (including phenoxy) is 4. The molecular formula is C28H27N3O6S. The lowest BCUT2D eigenvalue weighted by Crippen LogP contribution is -2.44. The summed E-state index contributed by atoms with van der Waals surface area (Å²) in [5.41, 5.74) is 2.11. The van der Waals surface area contributed by atoms with Gasteiger partial charge in [0, 0.05) is 18.2 Å². The summed E-state index contributed by atoms with van der Waals surface area (Å²) in [7, 11) is 1.59. The predicted octanol–water partition coefficient (Wildman–Crippen LogP) is 4.98. The highest BCUT2D eigenvalue weighted by Crippen LogP contribution is 2.35. The molecule has 10 heteroatoms. The summed E-state index contributed by atoms with van der Waals surface area (Å²) in [6.45, 7) is 2.87. The normalized spacial score (nSPS) is 17.4.